The zero-order valence-corrected chi connectivity index (χ0v) is 14.7. The Hall–Kier alpha value is -0.880. The molecule has 0 radical (unpaired) electrons. The molecule has 1 heterocycles. The molecule has 2 aromatic rings. The van der Waals surface area contributed by atoms with Crippen molar-refractivity contribution in [1.29, 1.82) is 0 Å². The molecule has 2 rings (SSSR count). The monoisotopic (exact) mass is 401 g/mol. The van der Waals surface area contributed by atoms with E-state index in [0.29, 0.717) is 12.5 Å². The van der Waals surface area contributed by atoms with Gasteiger partial charge in [-0.15, -0.1) is 0 Å². The van der Waals surface area contributed by atoms with Gasteiger partial charge < -0.3 is 4.74 Å². The molecule has 1 aromatic heterocycles. The second-order valence-corrected chi connectivity index (χ2v) is 6.35. The average molecular weight is 403 g/mol. The molecule has 4 nitrogen and oxygen atoms in total. The minimum absolute atomic E-state index is 0.416. The van der Waals surface area contributed by atoms with Gasteiger partial charge in [0.2, 0.25) is 0 Å². The Kier molecular flexibility index (Phi) is 5.60. The summed E-state index contributed by atoms with van der Waals surface area (Å²) in [6.45, 7) is 5.57. The lowest BCUT2D eigenvalue weighted by atomic mass is 10.2. The third-order valence-electron chi connectivity index (χ3n) is 2.74. The van der Waals surface area contributed by atoms with Crippen LogP contribution in [0.25, 0.3) is 0 Å². The topological polar surface area (TPSA) is 39.9 Å². The molecule has 20 heavy (non-hydrogen) atoms. The number of aromatic nitrogens is 3. The van der Waals surface area contributed by atoms with Crippen LogP contribution in [0.1, 0.15) is 25.2 Å². The molecule has 0 spiro atoms. The Morgan fingerprint density at radius 2 is 2.15 bits per heavy atom. The fraction of sp³-hybridized carbons (Fsp3) is 0.429. The van der Waals surface area contributed by atoms with E-state index in [1.54, 1.807) is 6.33 Å². The van der Waals surface area contributed by atoms with E-state index in [9.17, 15) is 0 Å². The molecular formula is C14H17Br2N3O. The maximum atomic E-state index is 5.82. The van der Waals surface area contributed by atoms with Crippen LogP contribution in [-0.2, 0) is 18.5 Å². The molecule has 0 aliphatic carbocycles. The Morgan fingerprint density at radius 1 is 1.35 bits per heavy atom. The molecule has 0 unspecified atom stereocenters. The van der Waals surface area contributed by atoms with Crippen molar-refractivity contribution in [3.05, 3.63) is 40.4 Å². The Morgan fingerprint density at radius 3 is 2.80 bits per heavy atom. The summed E-state index contributed by atoms with van der Waals surface area (Å²) < 4.78 is 8.66. The third kappa shape index (κ3) is 4.06. The Labute approximate surface area is 135 Å². The summed E-state index contributed by atoms with van der Waals surface area (Å²) in [5.41, 5.74) is 1.20. The Bertz CT molecular complexity index is 569. The second kappa shape index (κ2) is 7.22. The molecule has 108 valence electrons. The second-order valence-electron chi connectivity index (χ2n) is 4.94. The molecule has 6 heteroatoms. The van der Waals surface area contributed by atoms with Crippen LogP contribution in [0.4, 0.5) is 0 Å². The molecular weight excluding hydrogens is 386 g/mol. The summed E-state index contributed by atoms with van der Waals surface area (Å²) in [4.78, 5) is 4.25. The van der Waals surface area contributed by atoms with Gasteiger partial charge in [0, 0.05) is 11.9 Å². The van der Waals surface area contributed by atoms with Crippen molar-refractivity contribution in [2.75, 3.05) is 0 Å². The van der Waals surface area contributed by atoms with E-state index in [1.165, 1.54) is 5.56 Å². The number of halogens is 2. The van der Waals surface area contributed by atoms with Crippen LogP contribution in [0.2, 0.25) is 0 Å². The quantitative estimate of drug-likeness (QED) is 0.680. The number of hydrogen-bond donors (Lipinski definition) is 0. The van der Waals surface area contributed by atoms with Crippen LogP contribution >= 0.6 is 31.9 Å². The molecule has 1 aromatic carbocycles. The lowest BCUT2D eigenvalue weighted by Gasteiger charge is -2.11. The summed E-state index contributed by atoms with van der Waals surface area (Å²) in [6, 6.07) is 6.04. The fourth-order valence-corrected chi connectivity index (χ4v) is 2.67. The van der Waals surface area contributed by atoms with Crippen LogP contribution in [0.5, 0.6) is 5.75 Å². The molecule has 0 atom stereocenters. The van der Waals surface area contributed by atoms with E-state index in [-0.39, 0.29) is 0 Å². The lowest BCUT2D eigenvalue weighted by Crippen LogP contribution is -2.12. The van der Waals surface area contributed by atoms with Gasteiger partial charge in [-0.1, -0.05) is 35.8 Å². The van der Waals surface area contributed by atoms with E-state index in [2.05, 4.69) is 55.8 Å². The minimum Gasteiger partial charge on any atom is -0.484 e. The van der Waals surface area contributed by atoms with Crippen LogP contribution in [0.15, 0.2) is 29.0 Å². The first-order chi connectivity index (χ1) is 9.60. The fourth-order valence-electron chi connectivity index (χ4n) is 1.79. The predicted octanol–water partition coefficient (Wildman–Crippen LogP) is 4.17. The summed E-state index contributed by atoms with van der Waals surface area (Å²) in [6.07, 6.45) is 1.57. The van der Waals surface area contributed by atoms with Gasteiger partial charge >= 0.3 is 0 Å². The lowest BCUT2D eigenvalue weighted by molar-refractivity contribution is 0.281. The molecule has 0 saturated carbocycles. The maximum Gasteiger partial charge on any atom is 0.164 e. The van der Waals surface area contributed by atoms with Gasteiger partial charge in [0.25, 0.3) is 0 Å². The number of ether oxygens (including phenoxy) is 1. The van der Waals surface area contributed by atoms with Crippen molar-refractivity contribution in [2.24, 2.45) is 5.92 Å². The normalized spacial score (nSPS) is 11.1. The van der Waals surface area contributed by atoms with Gasteiger partial charge in [-0.25, -0.2) is 9.67 Å². The molecule has 0 aliphatic heterocycles. The standard InChI is InChI=1S/C14H17Br2N3O/c1-10(2)7-19-14(17-9-18-19)8-20-13-4-3-11(6-15)5-12(13)16/h3-5,9-10H,6-8H2,1-2H3. The Balaban J connectivity index is 2.03. The molecule has 0 fully saturated rings. The van der Waals surface area contributed by atoms with Crippen LogP contribution in [-0.4, -0.2) is 14.8 Å². The zero-order chi connectivity index (χ0) is 14.5. The maximum absolute atomic E-state index is 5.82. The highest BCUT2D eigenvalue weighted by molar-refractivity contribution is 9.10. The molecule has 0 aliphatic rings. The number of alkyl halides is 1. The van der Waals surface area contributed by atoms with Gasteiger partial charge in [-0.3, -0.25) is 0 Å². The minimum atomic E-state index is 0.416. The molecule has 0 saturated heterocycles. The largest absolute Gasteiger partial charge is 0.484 e. The first-order valence-electron chi connectivity index (χ1n) is 6.44. The summed E-state index contributed by atoms with van der Waals surface area (Å²) in [7, 11) is 0. The smallest absolute Gasteiger partial charge is 0.164 e. The van der Waals surface area contributed by atoms with Crippen LogP contribution in [0.3, 0.4) is 0 Å². The van der Waals surface area contributed by atoms with Crippen molar-refractivity contribution >= 4 is 31.9 Å². The summed E-state index contributed by atoms with van der Waals surface area (Å²) >= 11 is 6.96. The van der Waals surface area contributed by atoms with Gasteiger partial charge in [0.05, 0.1) is 4.47 Å². The van der Waals surface area contributed by atoms with E-state index in [1.807, 2.05) is 22.9 Å². The highest BCUT2D eigenvalue weighted by atomic mass is 79.9. The number of nitrogens with zero attached hydrogens (tertiary/aromatic N) is 3. The van der Waals surface area contributed by atoms with E-state index in [4.69, 9.17) is 4.74 Å². The van der Waals surface area contributed by atoms with Crippen molar-refractivity contribution < 1.29 is 4.74 Å². The summed E-state index contributed by atoms with van der Waals surface area (Å²) in [5.74, 6) is 2.18. The molecule has 0 bridgehead atoms. The van der Waals surface area contributed by atoms with E-state index in [0.717, 1.165) is 27.9 Å². The molecule has 0 N–H and O–H groups in total. The van der Waals surface area contributed by atoms with Gasteiger partial charge in [0.1, 0.15) is 18.7 Å². The SMILES string of the molecule is CC(C)Cn1ncnc1COc1ccc(CBr)cc1Br. The van der Waals surface area contributed by atoms with Crippen molar-refractivity contribution in [3.63, 3.8) is 0 Å². The van der Waals surface area contributed by atoms with Crippen molar-refractivity contribution in [3.8, 4) is 5.75 Å². The average Bonchev–Trinajstić information content (AvgIpc) is 2.83. The van der Waals surface area contributed by atoms with Crippen LogP contribution < -0.4 is 4.74 Å². The van der Waals surface area contributed by atoms with Crippen molar-refractivity contribution in [2.45, 2.75) is 32.3 Å². The number of hydrogen-bond acceptors (Lipinski definition) is 3. The predicted molar refractivity (Wildman–Crippen MR) is 86.0 cm³/mol. The highest BCUT2D eigenvalue weighted by Gasteiger charge is 2.08. The van der Waals surface area contributed by atoms with Gasteiger partial charge in [-0.2, -0.15) is 5.10 Å². The number of benzene rings is 1. The first-order valence-corrected chi connectivity index (χ1v) is 8.35. The van der Waals surface area contributed by atoms with Gasteiger partial charge in [-0.05, 0) is 39.5 Å². The number of rotatable bonds is 6. The van der Waals surface area contributed by atoms with E-state index >= 15 is 0 Å². The molecule has 0 amide bonds. The van der Waals surface area contributed by atoms with Crippen LogP contribution in [0, 0.1) is 5.92 Å². The zero-order valence-electron chi connectivity index (χ0n) is 11.5. The summed E-state index contributed by atoms with van der Waals surface area (Å²) in [5, 5.41) is 5.05. The third-order valence-corrected chi connectivity index (χ3v) is 4.01. The first kappa shape index (κ1) is 15.5. The van der Waals surface area contributed by atoms with Crippen molar-refractivity contribution in [1.82, 2.24) is 14.8 Å². The highest BCUT2D eigenvalue weighted by Crippen LogP contribution is 2.27. The van der Waals surface area contributed by atoms with Gasteiger partial charge in [0.15, 0.2) is 5.82 Å². The van der Waals surface area contributed by atoms with E-state index < -0.39 is 0 Å².